The van der Waals surface area contributed by atoms with Crippen LogP contribution in [-0.4, -0.2) is 22.3 Å². The Labute approximate surface area is 123 Å². The van der Waals surface area contributed by atoms with E-state index in [1.165, 1.54) is 24.4 Å². The molecule has 2 aromatic carbocycles. The quantitative estimate of drug-likeness (QED) is 0.458. The van der Waals surface area contributed by atoms with Crippen molar-refractivity contribution in [3.63, 3.8) is 0 Å². The summed E-state index contributed by atoms with van der Waals surface area (Å²) in [6.07, 6.45) is 1.48. The first-order valence-corrected chi connectivity index (χ1v) is 6.46. The van der Waals surface area contributed by atoms with Crippen LogP contribution in [0.25, 0.3) is 0 Å². The van der Waals surface area contributed by atoms with Crippen molar-refractivity contribution in [2.75, 3.05) is 0 Å². The number of aromatic hydroxyl groups is 2. The molecule has 0 spiro atoms. The topological polar surface area (TPSA) is 81.9 Å². The van der Waals surface area contributed by atoms with Crippen LogP contribution < -0.4 is 5.43 Å². The number of carbonyl (C=O) groups excluding carboxylic acids is 1. The third-order valence-electron chi connectivity index (χ3n) is 2.47. The van der Waals surface area contributed by atoms with Crippen LogP contribution in [0.15, 0.2) is 52.0 Å². The maximum atomic E-state index is 11.8. The molecule has 1 amide bonds. The summed E-state index contributed by atoms with van der Waals surface area (Å²) in [6.45, 7) is 0. The SMILES string of the molecule is O=C(N/N=C/c1ccc(Br)cc1)c1cc(O)ccc1O. The molecule has 0 bridgehead atoms. The van der Waals surface area contributed by atoms with E-state index in [2.05, 4.69) is 26.5 Å². The second-order valence-electron chi connectivity index (χ2n) is 3.95. The van der Waals surface area contributed by atoms with Crippen LogP contribution in [-0.2, 0) is 0 Å². The Morgan fingerprint density at radius 2 is 1.85 bits per heavy atom. The van der Waals surface area contributed by atoms with Crippen LogP contribution in [0.3, 0.4) is 0 Å². The second kappa shape index (κ2) is 6.21. The molecule has 3 N–H and O–H groups in total. The molecule has 0 aliphatic carbocycles. The monoisotopic (exact) mass is 334 g/mol. The minimum Gasteiger partial charge on any atom is -0.508 e. The van der Waals surface area contributed by atoms with Crippen molar-refractivity contribution in [3.05, 3.63) is 58.1 Å². The maximum Gasteiger partial charge on any atom is 0.275 e. The van der Waals surface area contributed by atoms with Gasteiger partial charge in [-0.1, -0.05) is 28.1 Å². The summed E-state index contributed by atoms with van der Waals surface area (Å²) in [6, 6.07) is 11.0. The second-order valence-corrected chi connectivity index (χ2v) is 4.87. The van der Waals surface area contributed by atoms with E-state index in [-0.39, 0.29) is 17.1 Å². The highest BCUT2D eigenvalue weighted by atomic mass is 79.9. The number of phenolic OH excluding ortho intramolecular Hbond substituents is 2. The van der Waals surface area contributed by atoms with Crippen LogP contribution in [0.1, 0.15) is 15.9 Å². The van der Waals surface area contributed by atoms with Gasteiger partial charge in [-0.05, 0) is 35.9 Å². The third kappa shape index (κ3) is 3.58. The van der Waals surface area contributed by atoms with Gasteiger partial charge in [0, 0.05) is 4.47 Å². The van der Waals surface area contributed by atoms with Crippen molar-refractivity contribution in [2.24, 2.45) is 5.10 Å². The van der Waals surface area contributed by atoms with E-state index in [0.717, 1.165) is 10.0 Å². The van der Waals surface area contributed by atoms with Crippen molar-refractivity contribution in [3.8, 4) is 11.5 Å². The van der Waals surface area contributed by atoms with Crippen molar-refractivity contribution >= 4 is 28.1 Å². The number of carbonyl (C=O) groups is 1. The van der Waals surface area contributed by atoms with Gasteiger partial charge in [-0.15, -0.1) is 0 Å². The highest BCUT2D eigenvalue weighted by Gasteiger charge is 2.10. The van der Waals surface area contributed by atoms with Crippen molar-refractivity contribution in [2.45, 2.75) is 0 Å². The lowest BCUT2D eigenvalue weighted by Crippen LogP contribution is -2.17. The van der Waals surface area contributed by atoms with Gasteiger partial charge in [0.1, 0.15) is 11.5 Å². The first-order chi connectivity index (χ1) is 9.56. The minimum atomic E-state index is -0.605. The fraction of sp³-hybridized carbons (Fsp3) is 0. The zero-order chi connectivity index (χ0) is 14.5. The van der Waals surface area contributed by atoms with Crippen LogP contribution >= 0.6 is 15.9 Å². The Morgan fingerprint density at radius 1 is 1.15 bits per heavy atom. The predicted octanol–water partition coefficient (Wildman–Crippen LogP) is 2.62. The summed E-state index contributed by atoms with van der Waals surface area (Å²) >= 11 is 3.32. The third-order valence-corrected chi connectivity index (χ3v) is 3.00. The van der Waals surface area contributed by atoms with Crippen molar-refractivity contribution < 1.29 is 15.0 Å². The Balaban J connectivity index is 2.05. The summed E-state index contributed by atoms with van der Waals surface area (Å²) in [5.74, 6) is -0.934. The molecule has 0 radical (unpaired) electrons. The molecular formula is C14H11BrN2O3. The Morgan fingerprint density at radius 3 is 2.55 bits per heavy atom. The van der Waals surface area contributed by atoms with Crippen molar-refractivity contribution in [1.29, 1.82) is 0 Å². The number of rotatable bonds is 3. The molecule has 0 unspecified atom stereocenters. The summed E-state index contributed by atoms with van der Waals surface area (Å²) in [5, 5.41) is 22.6. The van der Waals surface area contributed by atoms with Gasteiger partial charge in [0.15, 0.2) is 0 Å². The smallest absolute Gasteiger partial charge is 0.275 e. The lowest BCUT2D eigenvalue weighted by molar-refractivity contribution is 0.0952. The minimum absolute atomic E-state index is 0.0436. The molecule has 20 heavy (non-hydrogen) atoms. The van der Waals surface area contributed by atoms with Crippen LogP contribution in [0.5, 0.6) is 11.5 Å². The molecule has 0 aromatic heterocycles. The van der Waals surface area contributed by atoms with Gasteiger partial charge in [0.25, 0.3) is 5.91 Å². The van der Waals surface area contributed by atoms with E-state index in [1.54, 1.807) is 0 Å². The Bertz CT molecular complexity index is 654. The molecule has 2 rings (SSSR count). The van der Waals surface area contributed by atoms with Gasteiger partial charge in [0.2, 0.25) is 0 Å². The van der Waals surface area contributed by atoms with Gasteiger partial charge in [-0.25, -0.2) is 5.43 Å². The zero-order valence-electron chi connectivity index (χ0n) is 10.2. The van der Waals surface area contributed by atoms with E-state index in [1.807, 2.05) is 24.3 Å². The molecule has 0 heterocycles. The Kier molecular flexibility index (Phi) is 4.37. The molecule has 5 nitrogen and oxygen atoms in total. The normalized spacial score (nSPS) is 10.7. The molecule has 0 aliphatic rings. The number of phenols is 2. The van der Waals surface area contributed by atoms with Crippen LogP contribution in [0.4, 0.5) is 0 Å². The van der Waals surface area contributed by atoms with Crippen LogP contribution in [0, 0.1) is 0 Å². The largest absolute Gasteiger partial charge is 0.508 e. The highest BCUT2D eigenvalue weighted by Crippen LogP contribution is 2.21. The summed E-state index contributed by atoms with van der Waals surface area (Å²) in [4.78, 5) is 11.8. The zero-order valence-corrected chi connectivity index (χ0v) is 11.8. The number of benzene rings is 2. The number of halogens is 1. The summed E-state index contributed by atoms with van der Waals surface area (Å²) in [7, 11) is 0. The standard InChI is InChI=1S/C14H11BrN2O3/c15-10-3-1-9(2-4-10)8-16-17-14(20)12-7-11(18)5-6-13(12)19/h1-8,18-19H,(H,17,20)/b16-8+. The average molecular weight is 335 g/mol. The predicted molar refractivity (Wildman–Crippen MR) is 79.0 cm³/mol. The number of amides is 1. The van der Waals surface area contributed by atoms with Crippen molar-refractivity contribution in [1.82, 2.24) is 5.43 Å². The highest BCUT2D eigenvalue weighted by molar-refractivity contribution is 9.10. The van der Waals surface area contributed by atoms with E-state index in [0.29, 0.717) is 0 Å². The van der Waals surface area contributed by atoms with Gasteiger partial charge >= 0.3 is 0 Å². The van der Waals surface area contributed by atoms with E-state index in [9.17, 15) is 15.0 Å². The van der Waals surface area contributed by atoms with E-state index < -0.39 is 5.91 Å². The van der Waals surface area contributed by atoms with E-state index in [4.69, 9.17) is 0 Å². The summed E-state index contributed by atoms with van der Waals surface area (Å²) < 4.78 is 0.948. The molecule has 6 heteroatoms. The average Bonchev–Trinajstić information content (AvgIpc) is 2.43. The fourth-order valence-corrected chi connectivity index (χ4v) is 1.74. The lowest BCUT2D eigenvalue weighted by Gasteiger charge is -2.03. The first-order valence-electron chi connectivity index (χ1n) is 5.67. The molecular weight excluding hydrogens is 324 g/mol. The Hall–Kier alpha value is -2.34. The number of hydrogen-bond donors (Lipinski definition) is 3. The number of nitrogens with zero attached hydrogens (tertiary/aromatic N) is 1. The molecule has 0 aliphatic heterocycles. The number of nitrogens with one attached hydrogen (secondary N) is 1. The van der Waals surface area contributed by atoms with Crippen LogP contribution in [0.2, 0.25) is 0 Å². The fourth-order valence-electron chi connectivity index (χ4n) is 1.48. The molecule has 0 saturated heterocycles. The van der Waals surface area contributed by atoms with Gasteiger partial charge in [-0.3, -0.25) is 4.79 Å². The van der Waals surface area contributed by atoms with Gasteiger partial charge in [-0.2, -0.15) is 5.10 Å². The molecule has 102 valence electrons. The lowest BCUT2D eigenvalue weighted by atomic mass is 10.2. The van der Waals surface area contributed by atoms with Gasteiger partial charge < -0.3 is 10.2 Å². The first kappa shape index (κ1) is 14.1. The molecule has 0 atom stereocenters. The molecule has 2 aromatic rings. The molecule has 0 fully saturated rings. The summed E-state index contributed by atoms with van der Waals surface area (Å²) in [5.41, 5.74) is 3.05. The maximum absolute atomic E-state index is 11.8. The number of hydrogen-bond acceptors (Lipinski definition) is 4. The van der Waals surface area contributed by atoms with E-state index >= 15 is 0 Å². The number of hydrazone groups is 1. The van der Waals surface area contributed by atoms with Gasteiger partial charge in [0.05, 0.1) is 11.8 Å². The molecule has 0 saturated carbocycles.